The molecule has 1 aromatic carbocycles. The molecule has 4 heteroatoms. The lowest BCUT2D eigenvalue weighted by atomic mass is 10.00. The predicted molar refractivity (Wildman–Crippen MR) is 56.7 cm³/mol. The van der Waals surface area contributed by atoms with Crippen molar-refractivity contribution in [3.8, 4) is 0 Å². The van der Waals surface area contributed by atoms with Gasteiger partial charge < -0.3 is 0 Å². The van der Waals surface area contributed by atoms with Gasteiger partial charge in [0.2, 0.25) is 0 Å². The normalized spacial score (nSPS) is 12.1. The predicted octanol–water partition coefficient (Wildman–Crippen LogP) is 3.54. The first-order valence-electron chi connectivity index (χ1n) is 4.12. The Kier molecular flexibility index (Phi) is 3.25. The van der Waals surface area contributed by atoms with Crippen molar-refractivity contribution in [2.75, 3.05) is 0 Å². The highest BCUT2D eigenvalue weighted by atomic mass is 35.5. The molecule has 14 heavy (non-hydrogen) atoms. The van der Waals surface area contributed by atoms with Gasteiger partial charge in [-0.15, -0.1) is 6.58 Å². The minimum absolute atomic E-state index is 0.0749. The lowest BCUT2D eigenvalue weighted by Gasteiger charge is -2.07. The average molecular weight is 212 g/mol. The van der Waals surface area contributed by atoms with Gasteiger partial charge in [0.15, 0.2) is 0 Å². The molecule has 0 aliphatic carbocycles. The van der Waals surface area contributed by atoms with Crippen LogP contribution in [0.25, 0.3) is 0 Å². The van der Waals surface area contributed by atoms with E-state index in [1.165, 1.54) is 12.1 Å². The third kappa shape index (κ3) is 2.12. The minimum atomic E-state index is -0.411. The first-order valence-corrected chi connectivity index (χ1v) is 4.50. The van der Waals surface area contributed by atoms with Crippen LogP contribution in [0.15, 0.2) is 30.9 Å². The van der Waals surface area contributed by atoms with Crippen molar-refractivity contribution in [2.45, 2.75) is 12.8 Å². The molecule has 0 saturated heterocycles. The van der Waals surface area contributed by atoms with Crippen LogP contribution in [-0.2, 0) is 0 Å². The van der Waals surface area contributed by atoms with Crippen molar-refractivity contribution in [3.05, 3.63) is 51.6 Å². The summed E-state index contributed by atoms with van der Waals surface area (Å²) in [6.07, 6.45) is 1.65. The summed E-state index contributed by atoms with van der Waals surface area (Å²) in [6.45, 7) is 5.44. The standard InChI is InChI=1S/C10H10ClNO2/c1-3-7(2)9-6-8(11)4-5-10(9)12(13)14/h3-7H,1H2,2H3. The van der Waals surface area contributed by atoms with Crippen LogP contribution in [0.1, 0.15) is 18.4 Å². The number of nitro groups is 1. The van der Waals surface area contributed by atoms with E-state index >= 15 is 0 Å². The maximum atomic E-state index is 10.7. The summed E-state index contributed by atoms with van der Waals surface area (Å²) in [5.74, 6) is -0.0749. The Balaban J connectivity index is 3.29. The summed E-state index contributed by atoms with van der Waals surface area (Å²) in [5.41, 5.74) is 0.680. The van der Waals surface area contributed by atoms with Gasteiger partial charge in [0, 0.05) is 22.6 Å². The molecule has 0 aromatic heterocycles. The van der Waals surface area contributed by atoms with Crippen LogP contribution in [0, 0.1) is 10.1 Å². The molecular weight excluding hydrogens is 202 g/mol. The number of benzene rings is 1. The van der Waals surface area contributed by atoms with E-state index < -0.39 is 4.92 Å². The van der Waals surface area contributed by atoms with E-state index in [0.717, 1.165) is 0 Å². The third-order valence-corrected chi connectivity index (χ3v) is 2.27. The molecule has 0 saturated carbocycles. The molecule has 0 aliphatic heterocycles. The molecule has 0 radical (unpaired) electrons. The maximum Gasteiger partial charge on any atom is 0.273 e. The van der Waals surface area contributed by atoms with Gasteiger partial charge in [0.1, 0.15) is 0 Å². The van der Waals surface area contributed by atoms with Crippen molar-refractivity contribution in [3.63, 3.8) is 0 Å². The van der Waals surface area contributed by atoms with Crippen LogP contribution in [0.5, 0.6) is 0 Å². The first-order chi connectivity index (χ1) is 6.56. The molecule has 0 fully saturated rings. The number of nitrogens with zero attached hydrogens (tertiary/aromatic N) is 1. The highest BCUT2D eigenvalue weighted by Gasteiger charge is 2.16. The molecule has 1 aromatic rings. The van der Waals surface area contributed by atoms with E-state index in [1.54, 1.807) is 12.1 Å². The van der Waals surface area contributed by atoms with Gasteiger partial charge in [-0.1, -0.05) is 24.6 Å². The van der Waals surface area contributed by atoms with Crippen molar-refractivity contribution < 1.29 is 4.92 Å². The van der Waals surface area contributed by atoms with Gasteiger partial charge in [-0.25, -0.2) is 0 Å². The van der Waals surface area contributed by atoms with Gasteiger partial charge in [-0.3, -0.25) is 10.1 Å². The van der Waals surface area contributed by atoms with Gasteiger partial charge in [0.25, 0.3) is 5.69 Å². The topological polar surface area (TPSA) is 43.1 Å². The zero-order valence-corrected chi connectivity index (χ0v) is 8.49. The molecule has 1 atom stereocenters. The second kappa shape index (κ2) is 4.24. The number of rotatable bonds is 3. The Labute approximate surface area is 87.2 Å². The fourth-order valence-corrected chi connectivity index (χ4v) is 1.36. The summed E-state index contributed by atoms with van der Waals surface area (Å²) < 4.78 is 0. The van der Waals surface area contributed by atoms with Crippen LogP contribution in [-0.4, -0.2) is 4.92 Å². The van der Waals surface area contributed by atoms with Crippen molar-refractivity contribution >= 4 is 17.3 Å². The minimum Gasteiger partial charge on any atom is -0.258 e. The number of allylic oxidation sites excluding steroid dienone is 1. The van der Waals surface area contributed by atoms with E-state index in [9.17, 15) is 10.1 Å². The Morgan fingerprint density at radius 2 is 2.29 bits per heavy atom. The zero-order valence-electron chi connectivity index (χ0n) is 7.74. The molecule has 0 spiro atoms. The SMILES string of the molecule is C=CC(C)c1cc(Cl)ccc1[N+](=O)[O-]. The van der Waals surface area contributed by atoms with Crippen LogP contribution in [0.4, 0.5) is 5.69 Å². The highest BCUT2D eigenvalue weighted by molar-refractivity contribution is 6.30. The van der Waals surface area contributed by atoms with Crippen LogP contribution in [0.3, 0.4) is 0 Å². The fourth-order valence-electron chi connectivity index (χ4n) is 1.18. The smallest absolute Gasteiger partial charge is 0.258 e. The average Bonchev–Trinajstić information content (AvgIpc) is 2.16. The third-order valence-electron chi connectivity index (χ3n) is 2.03. The molecule has 1 rings (SSSR count). The van der Waals surface area contributed by atoms with Gasteiger partial charge in [-0.2, -0.15) is 0 Å². The summed E-state index contributed by atoms with van der Waals surface area (Å²) >= 11 is 5.77. The number of nitro benzene ring substituents is 1. The number of halogens is 1. The Bertz CT molecular complexity index is 376. The zero-order chi connectivity index (χ0) is 10.7. The number of hydrogen-bond acceptors (Lipinski definition) is 2. The largest absolute Gasteiger partial charge is 0.273 e. The molecule has 0 amide bonds. The molecule has 0 N–H and O–H groups in total. The molecule has 74 valence electrons. The van der Waals surface area contributed by atoms with E-state index in [4.69, 9.17) is 11.6 Å². The van der Waals surface area contributed by atoms with Gasteiger partial charge in [0.05, 0.1) is 4.92 Å². The van der Waals surface area contributed by atoms with Crippen LogP contribution < -0.4 is 0 Å². The summed E-state index contributed by atoms with van der Waals surface area (Å²) in [4.78, 5) is 10.3. The second-order valence-electron chi connectivity index (χ2n) is 2.98. The Morgan fingerprint density at radius 3 is 2.79 bits per heavy atom. The molecule has 0 bridgehead atoms. The molecule has 0 heterocycles. The number of hydrogen-bond donors (Lipinski definition) is 0. The molecule has 0 aliphatic rings. The van der Waals surface area contributed by atoms with Crippen LogP contribution >= 0.6 is 11.6 Å². The molecule has 3 nitrogen and oxygen atoms in total. The first kappa shape index (κ1) is 10.7. The van der Waals surface area contributed by atoms with E-state index in [1.807, 2.05) is 6.92 Å². The lowest BCUT2D eigenvalue weighted by molar-refractivity contribution is -0.385. The summed E-state index contributed by atoms with van der Waals surface area (Å²) in [6, 6.07) is 4.53. The Hall–Kier alpha value is -1.35. The van der Waals surface area contributed by atoms with Crippen molar-refractivity contribution in [1.29, 1.82) is 0 Å². The molecule has 1 unspecified atom stereocenters. The monoisotopic (exact) mass is 211 g/mol. The lowest BCUT2D eigenvalue weighted by Crippen LogP contribution is -1.97. The molecular formula is C10H10ClNO2. The van der Waals surface area contributed by atoms with E-state index in [2.05, 4.69) is 6.58 Å². The van der Waals surface area contributed by atoms with E-state index in [-0.39, 0.29) is 11.6 Å². The van der Waals surface area contributed by atoms with Gasteiger partial charge in [-0.05, 0) is 12.1 Å². The van der Waals surface area contributed by atoms with E-state index in [0.29, 0.717) is 10.6 Å². The fraction of sp³-hybridized carbons (Fsp3) is 0.200. The maximum absolute atomic E-state index is 10.7. The quantitative estimate of drug-likeness (QED) is 0.436. The second-order valence-corrected chi connectivity index (χ2v) is 3.42. The van der Waals surface area contributed by atoms with Gasteiger partial charge >= 0.3 is 0 Å². The van der Waals surface area contributed by atoms with Crippen molar-refractivity contribution in [2.24, 2.45) is 0 Å². The summed E-state index contributed by atoms with van der Waals surface area (Å²) in [5, 5.41) is 11.2. The summed E-state index contributed by atoms with van der Waals surface area (Å²) in [7, 11) is 0. The van der Waals surface area contributed by atoms with Crippen LogP contribution in [0.2, 0.25) is 5.02 Å². The van der Waals surface area contributed by atoms with Crippen molar-refractivity contribution in [1.82, 2.24) is 0 Å². The highest BCUT2D eigenvalue weighted by Crippen LogP contribution is 2.29. The Morgan fingerprint density at radius 1 is 1.64 bits per heavy atom.